The normalized spacial score (nSPS) is 29.6. The maximum atomic E-state index is 10.8. The molecule has 134 valence electrons. The molecule has 0 saturated heterocycles. The summed E-state index contributed by atoms with van der Waals surface area (Å²) in [5.74, 6) is -0.152. The van der Waals surface area contributed by atoms with Crippen LogP contribution < -0.4 is 0 Å². The van der Waals surface area contributed by atoms with E-state index in [-0.39, 0.29) is 36.0 Å². The lowest BCUT2D eigenvalue weighted by atomic mass is 9.49. The number of benzene rings is 1. The van der Waals surface area contributed by atoms with Gasteiger partial charge in [-0.3, -0.25) is 0 Å². The average molecular weight is 334 g/mol. The molecule has 4 N–H and O–H groups in total. The molecule has 0 radical (unpaired) electrons. The molecule has 0 heterocycles. The highest BCUT2D eigenvalue weighted by atomic mass is 16.3. The fourth-order valence-electron chi connectivity index (χ4n) is 5.45. The first-order valence-corrected chi connectivity index (χ1v) is 9.08. The number of aliphatic hydroxyl groups is 2. The lowest BCUT2D eigenvalue weighted by Gasteiger charge is -2.55. The van der Waals surface area contributed by atoms with Gasteiger partial charge in [0, 0.05) is 29.1 Å². The highest BCUT2D eigenvalue weighted by Gasteiger charge is 2.53. The third kappa shape index (κ3) is 2.34. The maximum absolute atomic E-state index is 10.8. The number of hydrogen-bond acceptors (Lipinski definition) is 4. The highest BCUT2D eigenvalue weighted by Crippen LogP contribution is 2.60. The summed E-state index contributed by atoms with van der Waals surface area (Å²) in [5, 5.41) is 41.2. The van der Waals surface area contributed by atoms with Gasteiger partial charge < -0.3 is 20.4 Å². The smallest absolute Gasteiger partial charge is 0.161 e. The second-order valence-corrected chi connectivity index (χ2v) is 8.53. The summed E-state index contributed by atoms with van der Waals surface area (Å²) < 4.78 is 0. The van der Waals surface area contributed by atoms with Gasteiger partial charge in [0.2, 0.25) is 0 Å². The van der Waals surface area contributed by atoms with Crippen molar-refractivity contribution in [3.05, 3.63) is 22.8 Å². The van der Waals surface area contributed by atoms with Gasteiger partial charge in [-0.05, 0) is 42.6 Å². The molecular formula is C20H30O4. The summed E-state index contributed by atoms with van der Waals surface area (Å²) in [5.41, 5.74) is 2.00. The first kappa shape index (κ1) is 17.6. The van der Waals surface area contributed by atoms with Crippen molar-refractivity contribution in [2.45, 2.75) is 64.2 Å². The van der Waals surface area contributed by atoms with Crippen LogP contribution in [-0.4, -0.2) is 33.6 Å². The first-order chi connectivity index (χ1) is 11.3. The van der Waals surface area contributed by atoms with Crippen LogP contribution >= 0.6 is 0 Å². The largest absolute Gasteiger partial charge is 0.504 e. The molecular weight excluding hydrogens is 304 g/mol. The Morgan fingerprint density at radius 3 is 2.50 bits per heavy atom. The number of aryl methyl sites for hydroxylation is 1. The molecule has 1 aromatic rings. The molecule has 4 nitrogen and oxygen atoms in total. The summed E-state index contributed by atoms with van der Waals surface area (Å²) in [4.78, 5) is 0. The summed E-state index contributed by atoms with van der Waals surface area (Å²) in [6.45, 7) is 6.26. The SMILES string of the molecule is C[C@H](CO)c1cc2c(c(O)c1O)[C@@]1(CO)CCCC(C)(C)[C@@H]1CC2. The van der Waals surface area contributed by atoms with E-state index in [1.165, 1.54) is 0 Å². The highest BCUT2D eigenvalue weighted by molar-refractivity contribution is 5.59. The molecule has 0 aliphatic heterocycles. The minimum atomic E-state index is -0.474. The van der Waals surface area contributed by atoms with Crippen LogP contribution in [-0.2, 0) is 11.8 Å². The van der Waals surface area contributed by atoms with Gasteiger partial charge in [-0.25, -0.2) is 0 Å². The minimum Gasteiger partial charge on any atom is -0.504 e. The number of aromatic hydroxyl groups is 2. The predicted molar refractivity (Wildman–Crippen MR) is 93.5 cm³/mol. The van der Waals surface area contributed by atoms with Gasteiger partial charge in [0.05, 0.1) is 6.61 Å². The summed E-state index contributed by atoms with van der Waals surface area (Å²) in [6, 6.07) is 1.93. The Balaban J connectivity index is 2.21. The standard InChI is InChI=1S/C20H30O4/c1-12(10-21)14-9-13-5-6-15-19(2,3)7-4-8-20(15,11-22)16(13)18(24)17(14)23/h9,12,15,21-24H,4-8,10-11H2,1-3H3/t12-,15+,20-/m1/s1. The monoisotopic (exact) mass is 334 g/mol. The Kier molecular flexibility index (Phi) is 4.33. The average Bonchev–Trinajstić information content (AvgIpc) is 2.56. The maximum Gasteiger partial charge on any atom is 0.161 e. The number of fused-ring (bicyclic) bond motifs is 3. The van der Waals surface area contributed by atoms with Crippen molar-refractivity contribution >= 4 is 0 Å². The molecule has 0 spiro atoms. The van der Waals surface area contributed by atoms with Crippen LogP contribution in [0.2, 0.25) is 0 Å². The van der Waals surface area contributed by atoms with Gasteiger partial charge in [-0.1, -0.05) is 33.3 Å². The van der Waals surface area contributed by atoms with Crippen molar-refractivity contribution in [3.63, 3.8) is 0 Å². The number of rotatable bonds is 3. The van der Waals surface area contributed by atoms with Gasteiger partial charge in [-0.2, -0.15) is 0 Å². The second-order valence-electron chi connectivity index (χ2n) is 8.53. The predicted octanol–water partition coefficient (Wildman–Crippen LogP) is 3.20. The fourth-order valence-corrected chi connectivity index (χ4v) is 5.45. The Labute approximate surface area is 144 Å². The molecule has 0 unspecified atom stereocenters. The molecule has 4 heteroatoms. The van der Waals surface area contributed by atoms with Crippen LogP contribution in [0.4, 0.5) is 0 Å². The van der Waals surface area contributed by atoms with E-state index in [2.05, 4.69) is 13.8 Å². The van der Waals surface area contributed by atoms with E-state index in [1.807, 2.05) is 13.0 Å². The third-order valence-electron chi connectivity index (χ3n) is 6.73. The van der Waals surface area contributed by atoms with Gasteiger partial charge in [0.1, 0.15) is 0 Å². The number of phenols is 2. The van der Waals surface area contributed by atoms with Crippen LogP contribution in [0, 0.1) is 11.3 Å². The molecule has 0 aromatic heterocycles. The van der Waals surface area contributed by atoms with Crippen LogP contribution in [0.5, 0.6) is 11.5 Å². The van der Waals surface area contributed by atoms with Crippen molar-refractivity contribution in [1.29, 1.82) is 0 Å². The zero-order valence-electron chi connectivity index (χ0n) is 15.0. The topological polar surface area (TPSA) is 80.9 Å². The van der Waals surface area contributed by atoms with E-state index in [4.69, 9.17) is 0 Å². The molecule has 2 aliphatic carbocycles. The third-order valence-corrected chi connectivity index (χ3v) is 6.73. The van der Waals surface area contributed by atoms with Gasteiger partial charge >= 0.3 is 0 Å². The quantitative estimate of drug-likeness (QED) is 0.640. The molecule has 24 heavy (non-hydrogen) atoms. The molecule has 0 bridgehead atoms. The van der Waals surface area contributed by atoms with Crippen molar-refractivity contribution < 1.29 is 20.4 Å². The first-order valence-electron chi connectivity index (χ1n) is 9.08. The molecule has 1 saturated carbocycles. The molecule has 3 rings (SSSR count). The molecule has 0 amide bonds. The van der Waals surface area contributed by atoms with E-state index in [9.17, 15) is 20.4 Å². The lowest BCUT2D eigenvalue weighted by molar-refractivity contribution is -0.00663. The molecule has 2 aliphatic rings. The van der Waals surface area contributed by atoms with Crippen molar-refractivity contribution in [3.8, 4) is 11.5 Å². The summed E-state index contributed by atoms with van der Waals surface area (Å²) >= 11 is 0. The van der Waals surface area contributed by atoms with Gasteiger partial charge in [0.25, 0.3) is 0 Å². The lowest BCUT2D eigenvalue weighted by Crippen LogP contribution is -2.52. The van der Waals surface area contributed by atoms with Gasteiger partial charge in [-0.15, -0.1) is 0 Å². The van der Waals surface area contributed by atoms with Crippen molar-refractivity contribution in [1.82, 2.24) is 0 Å². The summed E-state index contributed by atoms with van der Waals surface area (Å²) in [7, 11) is 0. The van der Waals surface area contributed by atoms with Crippen molar-refractivity contribution in [2.24, 2.45) is 11.3 Å². The van der Waals surface area contributed by atoms with E-state index < -0.39 is 5.41 Å². The fraction of sp³-hybridized carbons (Fsp3) is 0.700. The van der Waals surface area contributed by atoms with Crippen LogP contribution in [0.3, 0.4) is 0 Å². The second kappa shape index (κ2) is 5.92. The zero-order chi connectivity index (χ0) is 17.7. The Morgan fingerprint density at radius 2 is 1.88 bits per heavy atom. The minimum absolute atomic E-state index is 0.00397. The van der Waals surface area contributed by atoms with Crippen LogP contribution in [0.25, 0.3) is 0 Å². The Morgan fingerprint density at radius 1 is 1.17 bits per heavy atom. The number of aliphatic hydroxyl groups excluding tert-OH is 2. The van der Waals surface area contributed by atoms with Crippen molar-refractivity contribution in [2.75, 3.05) is 13.2 Å². The Bertz CT molecular complexity index is 637. The number of phenolic OH excluding ortho intramolecular Hbond substituents is 2. The molecule has 3 atom stereocenters. The summed E-state index contributed by atoms with van der Waals surface area (Å²) in [6.07, 6.45) is 4.80. The molecule has 1 aromatic carbocycles. The van der Waals surface area contributed by atoms with E-state index >= 15 is 0 Å². The van der Waals surface area contributed by atoms with E-state index in [1.54, 1.807) is 0 Å². The van der Waals surface area contributed by atoms with Crippen LogP contribution in [0.15, 0.2) is 6.07 Å². The van der Waals surface area contributed by atoms with E-state index in [0.29, 0.717) is 11.5 Å². The van der Waals surface area contributed by atoms with E-state index in [0.717, 1.165) is 43.2 Å². The Hall–Kier alpha value is -1.26. The number of hydrogen-bond donors (Lipinski definition) is 4. The molecule has 1 fully saturated rings. The van der Waals surface area contributed by atoms with Crippen LogP contribution in [0.1, 0.15) is 69.1 Å². The zero-order valence-corrected chi connectivity index (χ0v) is 15.0. The van der Waals surface area contributed by atoms with Gasteiger partial charge in [0.15, 0.2) is 11.5 Å².